The fourth-order valence-electron chi connectivity index (χ4n) is 7.45. The molecule has 10 heteroatoms. The predicted octanol–water partition coefficient (Wildman–Crippen LogP) is 6.98. The Bertz CT molecular complexity index is 1770. The van der Waals surface area contributed by atoms with Crippen molar-refractivity contribution in [3.8, 4) is 0 Å². The van der Waals surface area contributed by atoms with Crippen LogP contribution in [0.1, 0.15) is 24.5 Å². The Morgan fingerprint density at radius 2 is 1.43 bits per heavy atom. The molecule has 6 rings (SSSR count). The fourth-order valence-corrected chi connectivity index (χ4v) is 9.99. The quantitative estimate of drug-likeness (QED) is 0.107. The molecule has 8 nitrogen and oxygen atoms in total. The van der Waals surface area contributed by atoms with Gasteiger partial charge in [-0.05, 0) is 79.7 Å². The molecule has 47 heavy (non-hydrogen) atoms. The van der Waals surface area contributed by atoms with Crippen LogP contribution < -0.4 is 14.7 Å². The van der Waals surface area contributed by atoms with E-state index >= 15 is 4.11 Å². The topological polar surface area (TPSA) is 90.4 Å². The van der Waals surface area contributed by atoms with Gasteiger partial charge in [-0.1, -0.05) is 55.5 Å². The molecule has 1 fully saturated rings. The van der Waals surface area contributed by atoms with Crippen LogP contribution in [0.15, 0.2) is 103 Å². The SMILES string of the molecule is C[C@@H]1[C@@H]([Si](C)(C)F)[C@H](CCO)O[C@@]12C(=O)N(Cc1cccc(N(C=O)c3ccccc3)c1)c1ccc(N(C=O)c3ccccc3)cc12. The Hall–Kier alpha value is -4.64. The summed E-state index contributed by atoms with van der Waals surface area (Å²) in [6.45, 7) is 5.07. The summed E-state index contributed by atoms with van der Waals surface area (Å²) in [6.07, 6.45) is 1.02. The third-order valence-corrected chi connectivity index (χ3v) is 11.9. The van der Waals surface area contributed by atoms with E-state index in [0.717, 1.165) is 18.4 Å². The summed E-state index contributed by atoms with van der Waals surface area (Å²) in [6, 6.07) is 31.3. The van der Waals surface area contributed by atoms with Crippen molar-refractivity contribution in [3.05, 3.63) is 114 Å². The van der Waals surface area contributed by atoms with Gasteiger partial charge in [0.1, 0.15) is 0 Å². The first kappa shape index (κ1) is 32.3. The number of hydrogen-bond donors (Lipinski definition) is 1. The molecule has 0 bridgehead atoms. The van der Waals surface area contributed by atoms with Gasteiger partial charge >= 0.3 is 0 Å². The minimum atomic E-state index is -3.39. The molecule has 1 saturated heterocycles. The van der Waals surface area contributed by atoms with Crippen molar-refractivity contribution in [1.29, 1.82) is 0 Å². The lowest BCUT2D eigenvalue weighted by Gasteiger charge is -2.31. The van der Waals surface area contributed by atoms with Gasteiger partial charge in [-0.25, -0.2) is 0 Å². The molecule has 2 aliphatic heterocycles. The second-order valence-electron chi connectivity index (χ2n) is 12.7. The molecule has 2 heterocycles. The van der Waals surface area contributed by atoms with Crippen LogP contribution >= 0.6 is 0 Å². The normalized spacial score (nSPS) is 21.9. The number of anilines is 5. The Morgan fingerprint density at radius 3 is 1.98 bits per heavy atom. The van der Waals surface area contributed by atoms with Crippen LogP contribution in [0.4, 0.5) is 32.5 Å². The summed E-state index contributed by atoms with van der Waals surface area (Å²) >= 11 is 0. The van der Waals surface area contributed by atoms with Crippen LogP contribution in [-0.4, -0.2) is 45.0 Å². The van der Waals surface area contributed by atoms with Gasteiger partial charge in [0.15, 0.2) is 5.60 Å². The van der Waals surface area contributed by atoms with Gasteiger partial charge in [0.05, 0.1) is 18.3 Å². The lowest BCUT2D eigenvalue weighted by atomic mass is 9.82. The smallest absolute Gasteiger partial charge is 0.264 e. The Labute approximate surface area is 275 Å². The average Bonchev–Trinajstić information content (AvgIpc) is 3.49. The number of para-hydroxylation sites is 2. The summed E-state index contributed by atoms with van der Waals surface area (Å²) < 4.78 is 22.7. The molecule has 4 aromatic rings. The summed E-state index contributed by atoms with van der Waals surface area (Å²) in [5.41, 5.74) is 2.42. The van der Waals surface area contributed by atoms with E-state index < -0.39 is 31.6 Å². The number of fused-ring (bicyclic) bond motifs is 2. The molecule has 4 aromatic carbocycles. The first-order valence-electron chi connectivity index (χ1n) is 15.8. The third-order valence-electron chi connectivity index (χ3n) is 9.45. The molecular formula is C37H38FN3O5Si. The van der Waals surface area contributed by atoms with Crippen molar-refractivity contribution in [1.82, 2.24) is 0 Å². The van der Waals surface area contributed by atoms with E-state index in [1.54, 1.807) is 30.1 Å². The summed E-state index contributed by atoms with van der Waals surface area (Å²) in [5, 5.41) is 9.93. The first-order valence-corrected chi connectivity index (χ1v) is 18.7. The van der Waals surface area contributed by atoms with Crippen molar-refractivity contribution in [2.75, 3.05) is 21.3 Å². The zero-order chi connectivity index (χ0) is 33.3. The molecule has 0 aliphatic carbocycles. The molecule has 242 valence electrons. The molecule has 1 spiro atoms. The van der Waals surface area contributed by atoms with E-state index in [0.29, 0.717) is 34.0 Å². The maximum absolute atomic E-state index is 16.0. The largest absolute Gasteiger partial charge is 0.396 e. The number of carbonyl (C=O) groups is 3. The molecule has 3 amide bonds. The van der Waals surface area contributed by atoms with Crippen LogP contribution in [0.3, 0.4) is 0 Å². The molecule has 0 unspecified atom stereocenters. The number of aliphatic hydroxyl groups excluding tert-OH is 1. The van der Waals surface area contributed by atoms with Crippen LogP contribution in [0.5, 0.6) is 0 Å². The number of aliphatic hydroxyl groups is 1. The highest BCUT2D eigenvalue weighted by Crippen LogP contribution is 2.60. The van der Waals surface area contributed by atoms with Gasteiger partial charge < -0.3 is 18.9 Å². The minimum absolute atomic E-state index is 0.167. The van der Waals surface area contributed by atoms with Crippen LogP contribution in [0, 0.1) is 5.92 Å². The zero-order valence-electron chi connectivity index (χ0n) is 26.6. The van der Waals surface area contributed by atoms with Gasteiger partial charge in [0.25, 0.3) is 5.91 Å². The summed E-state index contributed by atoms with van der Waals surface area (Å²) in [4.78, 5) is 44.1. The summed E-state index contributed by atoms with van der Waals surface area (Å²) in [5.74, 6) is -0.868. The molecule has 0 radical (unpaired) electrons. The molecule has 4 atom stereocenters. The Morgan fingerprint density at radius 1 is 0.851 bits per heavy atom. The second kappa shape index (κ2) is 12.9. The molecular weight excluding hydrogens is 614 g/mol. The fraction of sp³-hybridized carbons (Fsp3) is 0.270. The molecule has 2 aliphatic rings. The Kier molecular flexibility index (Phi) is 8.84. The summed E-state index contributed by atoms with van der Waals surface area (Å²) in [7, 11) is -3.39. The van der Waals surface area contributed by atoms with Crippen LogP contribution in [0.25, 0.3) is 0 Å². The second-order valence-corrected chi connectivity index (χ2v) is 16.5. The minimum Gasteiger partial charge on any atom is -0.396 e. The highest BCUT2D eigenvalue weighted by molar-refractivity contribution is 6.72. The number of amides is 3. The van der Waals surface area contributed by atoms with Crippen molar-refractivity contribution >= 4 is 55.6 Å². The average molecular weight is 652 g/mol. The maximum atomic E-state index is 16.0. The van der Waals surface area contributed by atoms with Crippen molar-refractivity contribution < 1.29 is 28.3 Å². The van der Waals surface area contributed by atoms with Gasteiger partial charge in [-0.2, -0.15) is 0 Å². The number of rotatable bonds is 11. The number of hydrogen-bond acceptors (Lipinski definition) is 5. The van der Waals surface area contributed by atoms with E-state index in [4.69, 9.17) is 4.74 Å². The Balaban J connectivity index is 1.45. The van der Waals surface area contributed by atoms with E-state index in [2.05, 4.69) is 0 Å². The first-order chi connectivity index (χ1) is 22.6. The molecule has 0 saturated carbocycles. The van der Waals surface area contributed by atoms with Crippen LogP contribution in [0.2, 0.25) is 18.6 Å². The highest BCUT2D eigenvalue weighted by Gasteiger charge is 2.66. The third kappa shape index (κ3) is 5.66. The molecule has 1 N–H and O–H groups in total. The van der Waals surface area contributed by atoms with Gasteiger partial charge in [-0.15, -0.1) is 0 Å². The monoisotopic (exact) mass is 651 g/mol. The standard InChI is InChI=1S/C37H38FN3O5Si/c1-26-35(47(2,3)38)34(19-20-42)46-37(26)32-22-31(41(25-44)29-14-8-5-9-15-29)17-18-33(32)39(36(37)45)23-27-11-10-16-30(21-27)40(24-43)28-12-6-4-7-13-28/h4-18,21-22,24-26,34-35,42H,19-20,23H2,1-3H3/t26-,34+,35-,37+/m1/s1. The molecule has 0 aromatic heterocycles. The van der Waals surface area contributed by atoms with E-state index in [9.17, 15) is 19.5 Å². The van der Waals surface area contributed by atoms with E-state index in [1.165, 1.54) is 9.80 Å². The van der Waals surface area contributed by atoms with E-state index in [1.807, 2.05) is 97.9 Å². The van der Waals surface area contributed by atoms with Gasteiger partial charge in [0, 0.05) is 46.4 Å². The van der Waals surface area contributed by atoms with Crippen molar-refractivity contribution in [2.24, 2.45) is 5.92 Å². The number of carbonyl (C=O) groups excluding carboxylic acids is 3. The van der Waals surface area contributed by atoms with Gasteiger partial charge in [-0.3, -0.25) is 24.2 Å². The van der Waals surface area contributed by atoms with E-state index in [-0.39, 0.29) is 25.5 Å². The van der Waals surface area contributed by atoms with Crippen molar-refractivity contribution in [3.63, 3.8) is 0 Å². The highest BCUT2D eigenvalue weighted by atomic mass is 28.4. The maximum Gasteiger partial charge on any atom is 0.264 e. The van der Waals surface area contributed by atoms with Crippen molar-refractivity contribution in [2.45, 2.75) is 50.2 Å². The van der Waals surface area contributed by atoms with Gasteiger partial charge in [0.2, 0.25) is 21.2 Å². The number of nitrogens with zero attached hydrogens (tertiary/aromatic N) is 3. The number of halogens is 1. The van der Waals surface area contributed by atoms with Crippen LogP contribution in [-0.2, 0) is 31.3 Å². The lowest BCUT2D eigenvalue weighted by Crippen LogP contribution is -2.45. The predicted molar refractivity (Wildman–Crippen MR) is 183 cm³/mol. The zero-order valence-corrected chi connectivity index (χ0v) is 27.6. The number of benzene rings is 4. The lowest BCUT2D eigenvalue weighted by molar-refractivity contribution is -0.146. The number of ether oxygens (including phenoxy) is 1.